The van der Waals surface area contributed by atoms with Gasteiger partial charge in [0.15, 0.2) is 6.61 Å². The fourth-order valence-corrected chi connectivity index (χ4v) is 2.51. The number of nitrogens with zero attached hydrogens (tertiary/aromatic N) is 2. The molecule has 0 aliphatic rings. The molecule has 2 N–H and O–H groups in total. The Morgan fingerprint density at radius 2 is 1.88 bits per heavy atom. The molecule has 0 saturated heterocycles. The lowest BCUT2D eigenvalue weighted by molar-refractivity contribution is -0.130. The average Bonchev–Trinajstić information content (AvgIpc) is 2.81. The highest BCUT2D eigenvalue weighted by Crippen LogP contribution is 2.14. The second-order valence-electron chi connectivity index (χ2n) is 5.97. The van der Waals surface area contributed by atoms with Crippen LogP contribution in [0, 0.1) is 20.8 Å². The van der Waals surface area contributed by atoms with E-state index in [-0.39, 0.29) is 18.9 Å². The largest absolute Gasteiger partial charge is 0.484 e. The highest BCUT2D eigenvalue weighted by atomic mass is 16.5. The zero-order chi connectivity index (χ0) is 18.4. The van der Waals surface area contributed by atoms with Crippen LogP contribution in [0.5, 0.6) is 5.75 Å². The van der Waals surface area contributed by atoms with Crippen LogP contribution in [0.3, 0.4) is 0 Å². The van der Waals surface area contributed by atoms with Gasteiger partial charge >= 0.3 is 0 Å². The molecule has 0 spiro atoms. The molecular formula is C18H24N4O3. The summed E-state index contributed by atoms with van der Waals surface area (Å²) >= 11 is 0. The van der Waals surface area contributed by atoms with Crippen LogP contribution in [0.25, 0.3) is 0 Å². The summed E-state index contributed by atoms with van der Waals surface area (Å²) in [7, 11) is 1.88. The molecule has 7 heteroatoms. The number of aryl methyl sites for hydroxylation is 3. The summed E-state index contributed by atoms with van der Waals surface area (Å²) in [6.45, 7) is 5.67. The first-order chi connectivity index (χ1) is 11.9. The van der Waals surface area contributed by atoms with Crippen molar-refractivity contribution in [1.29, 1.82) is 0 Å². The summed E-state index contributed by atoms with van der Waals surface area (Å²) in [5.41, 5.74) is 8.83. The molecule has 2 amide bonds. The molecule has 0 bridgehead atoms. The molecule has 25 heavy (non-hydrogen) atoms. The van der Waals surface area contributed by atoms with Crippen LogP contribution < -0.4 is 15.6 Å². The van der Waals surface area contributed by atoms with E-state index in [1.807, 2.05) is 46.0 Å². The van der Waals surface area contributed by atoms with Crippen molar-refractivity contribution >= 4 is 11.8 Å². The monoisotopic (exact) mass is 344 g/mol. The van der Waals surface area contributed by atoms with E-state index in [1.165, 1.54) is 0 Å². The van der Waals surface area contributed by atoms with Crippen molar-refractivity contribution in [2.75, 3.05) is 6.61 Å². The summed E-state index contributed by atoms with van der Waals surface area (Å²) in [5.74, 6) is -0.0563. The van der Waals surface area contributed by atoms with Crippen LogP contribution in [0.15, 0.2) is 24.3 Å². The molecular weight excluding hydrogens is 320 g/mol. The lowest BCUT2D eigenvalue weighted by atomic mass is 10.1. The molecule has 7 nitrogen and oxygen atoms in total. The summed E-state index contributed by atoms with van der Waals surface area (Å²) in [6.07, 6.45) is 0.847. The Hall–Kier alpha value is -2.83. The normalized spacial score (nSPS) is 10.4. The van der Waals surface area contributed by atoms with Gasteiger partial charge in [-0.3, -0.25) is 25.1 Å². The van der Waals surface area contributed by atoms with E-state index < -0.39 is 5.91 Å². The number of nitrogens with one attached hydrogen (secondary N) is 2. The number of carbonyl (C=O) groups excluding carboxylic acids is 2. The van der Waals surface area contributed by atoms with Crippen LogP contribution in [-0.4, -0.2) is 28.2 Å². The van der Waals surface area contributed by atoms with Crippen LogP contribution >= 0.6 is 0 Å². The number of aromatic nitrogens is 2. The second kappa shape index (κ2) is 8.32. The first-order valence-electron chi connectivity index (χ1n) is 8.13. The number of hydrogen-bond acceptors (Lipinski definition) is 4. The third-order valence-electron chi connectivity index (χ3n) is 3.96. The van der Waals surface area contributed by atoms with E-state index in [0.717, 1.165) is 22.5 Å². The summed E-state index contributed by atoms with van der Waals surface area (Å²) in [6, 6.07) is 7.41. The van der Waals surface area contributed by atoms with Gasteiger partial charge in [0.2, 0.25) is 5.91 Å². The van der Waals surface area contributed by atoms with Gasteiger partial charge in [0.25, 0.3) is 5.91 Å². The van der Waals surface area contributed by atoms with Gasteiger partial charge in [0.1, 0.15) is 5.75 Å². The average molecular weight is 344 g/mol. The van der Waals surface area contributed by atoms with Gasteiger partial charge in [-0.25, -0.2) is 0 Å². The fourth-order valence-electron chi connectivity index (χ4n) is 2.51. The Bertz CT molecular complexity index is 768. The van der Waals surface area contributed by atoms with E-state index in [4.69, 9.17) is 4.74 Å². The Kier molecular flexibility index (Phi) is 6.16. The van der Waals surface area contributed by atoms with Crippen molar-refractivity contribution in [3.63, 3.8) is 0 Å². The lowest BCUT2D eigenvalue weighted by Crippen LogP contribution is -2.43. The van der Waals surface area contributed by atoms with E-state index in [2.05, 4.69) is 16.0 Å². The Morgan fingerprint density at radius 3 is 2.52 bits per heavy atom. The Labute approximate surface area is 147 Å². The Balaban J connectivity index is 1.71. The molecule has 134 valence electrons. The summed E-state index contributed by atoms with van der Waals surface area (Å²) in [4.78, 5) is 23.6. The maximum atomic E-state index is 11.9. The first kappa shape index (κ1) is 18.5. The molecule has 1 aromatic carbocycles. The van der Waals surface area contributed by atoms with Crippen LogP contribution in [0.1, 0.15) is 28.9 Å². The minimum atomic E-state index is -0.413. The first-order valence-corrected chi connectivity index (χ1v) is 8.13. The SMILES string of the molecule is Cc1cccc(OCC(=O)NNC(=O)CCc2c(C)nn(C)c2C)c1. The number of amides is 2. The van der Waals surface area contributed by atoms with Crippen molar-refractivity contribution in [2.24, 2.45) is 7.05 Å². The smallest absolute Gasteiger partial charge is 0.276 e. The molecule has 0 unspecified atom stereocenters. The molecule has 0 aliphatic carbocycles. The van der Waals surface area contributed by atoms with Gasteiger partial charge in [0.05, 0.1) is 5.69 Å². The topological polar surface area (TPSA) is 85.2 Å². The highest BCUT2D eigenvalue weighted by molar-refractivity contribution is 5.82. The van der Waals surface area contributed by atoms with Crippen molar-refractivity contribution < 1.29 is 14.3 Å². The zero-order valence-corrected chi connectivity index (χ0v) is 15.0. The van der Waals surface area contributed by atoms with Gasteiger partial charge in [0, 0.05) is 19.2 Å². The second-order valence-corrected chi connectivity index (χ2v) is 5.97. The van der Waals surface area contributed by atoms with Crippen LogP contribution in [0.2, 0.25) is 0 Å². The van der Waals surface area contributed by atoms with Crippen LogP contribution in [-0.2, 0) is 23.1 Å². The quantitative estimate of drug-likeness (QED) is 0.778. The minimum Gasteiger partial charge on any atom is -0.484 e. The third kappa shape index (κ3) is 5.34. The molecule has 0 saturated carbocycles. The van der Waals surface area contributed by atoms with Gasteiger partial charge < -0.3 is 4.74 Å². The maximum absolute atomic E-state index is 11.9. The van der Waals surface area contributed by atoms with Crippen molar-refractivity contribution in [1.82, 2.24) is 20.6 Å². The standard InChI is InChI=1S/C18H24N4O3/c1-12-6-5-7-15(10-12)25-11-18(24)20-19-17(23)9-8-16-13(2)21-22(4)14(16)3/h5-7,10H,8-9,11H2,1-4H3,(H,19,23)(H,20,24). The summed E-state index contributed by atoms with van der Waals surface area (Å²) < 4.78 is 7.17. The number of hydrogen-bond donors (Lipinski definition) is 2. The van der Waals surface area contributed by atoms with Crippen molar-refractivity contribution in [2.45, 2.75) is 33.6 Å². The fraction of sp³-hybridized carbons (Fsp3) is 0.389. The van der Waals surface area contributed by atoms with E-state index in [9.17, 15) is 9.59 Å². The molecule has 1 aromatic heterocycles. The number of hydrazine groups is 1. The molecule has 1 heterocycles. The Morgan fingerprint density at radius 1 is 1.16 bits per heavy atom. The van der Waals surface area contributed by atoms with Gasteiger partial charge in [-0.2, -0.15) is 5.10 Å². The van der Waals surface area contributed by atoms with E-state index >= 15 is 0 Å². The molecule has 0 aliphatic heterocycles. The summed E-state index contributed by atoms with van der Waals surface area (Å²) in [5, 5.41) is 4.32. The van der Waals surface area contributed by atoms with Crippen LogP contribution in [0.4, 0.5) is 0 Å². The van der Waals surface area contributed by atoms with E-state index in [0.29, 0.717) is 12.2 Å². The molecule has 0 atom stereocenters. The van der Waals surface area contributed by atoms with Crippen molar-refractivity contribution in [3.8, 4) is 5.75 Å². The van der Waals surface area contributed by atoms with Gasteiger partial charge in [-0.15, -0.1) is 0 Å². The zero-order valence-electron chi connectivity index (χ0n) is 15.0. The predicted molar refractivity (Wildman–Crippen MR) is 94.0 cm³/mol. The third-order valence-corrected chi connectivity index (χ3v) is 3.96. The van der Waals surface area contributed by atoms with Gasteiger partial charge in [-0.1, -0.05) is 12.1 Å². The van der Waals surface area contributed by atoms with E-state index in [1.54, 1.807) is 10.7 Å². The van der Waals surface area contributed by atoms with Crippen molar-refractivity contribution in [3.05, 3.63) is 46.8 Å². The lowest BCUT2D eigenvalue weighted by Gasteiger charge is -2.09. The van der Waals surface area contributed by atoms with Gasteiger partial charge in [-0.05, 0) is 50.5 Å². The molecule has 0 fully saturated rings. The number of carbonyl (C=O) groups is 2. The molecule has 2 rings (SSSR count). The highest BCUT2D eigenvalue weighted by Gasteiger charge is 2.12. The predicted octanol–water partition coefficient (Wildman–Crippen LogP) is 1.50. The minimum absolute atomic E-state index is 0.162. The number of benzene rings is 1. The number of rotatable bonds is 6. The molecule has 2 aromatic rings. The number of ether oxygens (including phenoxy) is 1. The molecule has 0 radical (unpaired) electrons. The maximum Gasteiger partial charge on any atom is 0.276 e.